The molecule has 5 nitrogen and oxygen atoms in total. The van der Waals surface area contributed by atoms with Gasteiger partial charge in [0.25, 0.3) is 5.91 Å². The Balaban J connectivity index is 2.06. The predicted octanol–water partition coefficient (Wildman–Crippen LogP) is 3.09. The van der Waals surface area contributed by atoms with Crippen molar-refractivity contribution in [2.75, 3.05) is 14.2 Å². The van der Waals surface area contributed by atoms with Crippen LogP contribution in [0.5, 0.6) is 11.5 Å². The van der Waals surface area contributed by atoms with Gasteiger partial charge in [-0.2, -0.15) is 0 Å². The number of carbonyl (C=O) groups is 1. The van der Waals surface area contributed by atoms with Gasteiger partial charge in [0.15, 0.2) is 11.5 Å². The van der Waals surface area contributed by atoms with Crippen molar-refractivity contribution in [2.45, 2.75) is 19.4 Å². The Bertz CT molecular complexity index is 704. The number of benzene rings is 1. The maximum Gasteiger partial charge on any atom is 0.260 e. The average Bonchev–Trinajstić information content (AvgIpc) is 2.89. The zero-order valence-corrected chi connectivity index (χ0v) is 12.9. The van der Waals surface area contributed by atoms with E-state index in [4.69, 9.17) is 9.47 Å². The fraction of sp³-hybridized carbons (Fsp3) is 0.294. The number of hydrogen-bond donors (Lipinski definition) is 0. The molecule has 1 aromatic carbocycles. The minimum Gasteiger partial charge on any atom is -0.493 e. The first-order chi connectivity index (χ1) is 10.7. The van der Waals surface area contributed by atoms with E-state index in [1.165, 1.54) is 0 Å². The molecular weight excluding hydrogens is 280 g/mol. The SMILES string of the molecule is CC=CC1=CN2C(=O)c3cc(OC)c(OC)cc3N=C[C@@H]2C1. The lowest BCUT2D eigenvalue weighted by atomic mass is 10.1. The Morgan fingerprint density at radius 3 is 2.68 bits per heavy atom. The molecule has 2 aliphatic heterocycles. The molecule has 3 rings (SSSR count). The maximum atomic E-state index is 12.8. The molecule has 0 saturated heterocycles. The lowest BCUT2D eigenvalue weighted by Gasteiger charge is -2.18. The van der Waals surface area contributed by atoms with Crippen LogP contribution < -0.4 is 9.47 Å². The topological polar surface area (TPSA) is 51.1 Å². The standard InChI is InChI=1S/C17H18N2O3/c1-4-5-11-6-12-9-18-14-8-16(22-3)15(21-2)7-13(14)17(20)19(12)10-11/h4-5,7-10,12H,6H2,1-3H3/t12-/m0/s1. The first-order valence-electron chi connectivity index (χ1n) is 7.14. The summed E-state index contributed by atoms with van der Waals surface area (Å²) in [5.74, 6) is 1.02. The smallest absolute Gasteiger partial charge is 0.260 e. The number of nitrogens with zero attached hydrogens (tertiary/aromatic N) is 2. The first kappa shape index (κ1) is 14.4. The van der Waals surface area contributed by atoms with E-state index >= 15 is 0 Å². The van der Waals surface area contributed by atoms with Gasteiger partial charge in [-0.05, 0) is 25.0 Å². The largest absolute Gasteiger partial charge is 0.493 e. The minimum absolute atomic E-state index is 0.0388. The van der Waals surface area contributed by atoms with Gasteiger partial charge in [-0.15, -0.1) is 0 Å². The summed E-state index contributed by atoms with van der Waals surface area (Å²) in [6.45, 7) is 1.97. The molecule has 0 unspecified atom stereocenters. The fourth-order valence-corrected chi connectivity index (χ4v) is 2.78. The molecule has 2 heterocycles. The van der Waals surface area contributed by atoms with Crippen LogP contribution in [0.4, 0.5) is 5.69 Å². The second kappa shape index (κ2) is 5.67. The van der Waals surface area contributed by atoms with E-state index in [1.54, 1.807) is 31.3 Å². The first-order valence-corrected chi connectivity index (χ1v) is 7.14. The Kier molecular flexibility index (Phi) is 3.71. The van der Waals surface area contributed by atoms with Gasteiger partial charge in [-0.25, -0.2) is 0 Å². The van der Waals surface area contributed by atoms with E-state index < -0.39 is 0 Å². The second-order valence-corrected chi connectivity index (χ2v) is 5.19. The van der Waals surface area contributed by atoms with E-state index in [9.17, 15) is 4.79 Å². The fourth-order valence-electron chi connectivity index (χ4n) is 2.78. The van der Waals surface area contributed by atoms with Crippen molar-refractivity contribution in [3.05, 3.63) is 41.6 Å². The zero-order chi connectivity index (χ0) is 15.7. The minimum atomic E-state index is -0.0713. The summed E-state index contributed by atoms with van der Waals surface area (Å²) in [6.07, 6.45) is 8.49. The van der Waals surface area contributed by atoms with Crippen LogP contribution in [0.3, 0.4) is 0 Å². The normalized spacial score (nSPS) is 19.8. The van der Waals surface area contributed by atoms with E-state index in [-0.39, 0.29) is 11.9 Å². The monoisotopic (exact) mass is 298 g/mol. The van der Waals surface area contributed by atoms with Gasteiger partial charge in [-0.3, -0.25) is 9.79 Å². The summed E-state index contributed by atoms with van der Waals surface area (Å²) in [4.78, 5) is 19.0. The molecule has 0 aliphatic carbocycles. The summed E-state index contributed by atoms with van der Waals surface area (Å²) in [7, 11) is 3.12. The van der Waals surface area contributed by atoms with Gasteiger partial charge in [-0.1, -0.05) is 12.2 Å². The van der Waals surface area contributed by atoms with Crippen LogP contribution >= 0.6 is 0 Å². The predicted molar refractivity (Wildman–Crippen MR) is 85.2 cm³/mol. The number of amides is 1. The molecular formula is C17H18N2O3. The van der Waals surface area contributed by atoms with Crippen molar-refractivity contribution < 1.29 is 14.3 Å². The highest BCUT2D eigenvalue weighted by molar-refractivity contribution is 6.04. The molecule has 0 radical (unpaired) electrons. The third-order valence-corrected chi connectivity index (χ3v) is 3.84. The van der Waals surface area contributed by atoms with Crippen molar-refractivity contribution in [1.29, 1.82) is 0 Å². The highest BCUT2D eigenvalue weighted by atomic mass is 16.5. The third kappa shape index (κ3) is 2.28. The number of carbonyl (C=O) groups excluding carboxylic acids is 1. The molecule has 0 saturated carbocycles. The van der Waals surface area contributed by atoms with Crippen LogP contribution in [0.1, 0.15) is 23.7 Å². The van der Waals surface area contributed by atoms with Gasteiger partial charge in [0.1, 0.15) is 0 Å². The van der Waals surface area contributed by atoms with Crippen LogP contribution in [-0.4, -0.2) is 37.3 Å². The summed E-state index contributed by atoms with van der Waals surface area (Å²) in [5.41, 5.74) is 2.25. The molecule has 0 aromatic heterocycles. The zero-order valence-electron chi connectivity index (χ0n) is 12.9. The molecule has 0 bridgehead atoms. The van der Waals surface area contributed by atoms with Crippen molar-refractivity contribution in [3.8, 4) is 11.5 Å². The van der Waals surface area contributed by atoms with Crippen LogP contribution in [0, 0.1) is 0 Å². The van der Waals surface area contributed by atoms with E-state index in [0.717, 1.165) is 12.0 Å². The van der Waals surface area contributed by atoms with Gasteiger partial charge in [0, 0.05) is 18.5 Å². The second-order valence-electron chi connectivity index (χ2n) is 5.19. The Labute approximate surface area is 129 Å². The van der Waals surface area contributed by atoms with Crippen LogP contribution in [0.25, 0.3) is 0 Å². The van der Waals surface area contributed by atoms with Crippen LogP contribution in [-0.2, 0) is 0 Å². The molecule has 22 heavy (non-hydrogen) atoms. The van der Waals surface area contributed by atoms with Crippen LogP contribution in [0.2, 0.25) is 0 Å². The molecule has 5 heteroatoms. The third-order valence-electron chi connectivity index (χ3n) is 3.84. The van der Waals surface area contributed by atoms with Gasteiger partial charge in [0.05, 0.1) is 31.5 Å². The van der Waals surface area contributed by atoms with E-state index in [1.807, 2.05) is 31.5 Å². The highest BCUT2D eigenvalue weighted by Gasteiger charge is 2.32. The summed E-state index contributed by atoms with van der Waals surface area (Å²) in [6, 6.07) is 3.39. The Morgan fingerprint density at radius 1 is 1.27 bits per heavy atom. The molecule has 0 fully saturated rings. The number of allylic oxidation sites excluding steroid dienone is 2. The lowest BCUT2D eigenvalue weighted by molar-refractivity contribution is 0.0817. The van der Waals surface area contributed by atoms with Crippen LogP contribution in [0.15, 0.2) is 41.1 Å². The van der Waals surface area contributed by atoms with Gasteiger partial charge < -0.3 is 14.4 Å². The quantitative estimate of drug-likeness (QED) is 0.861. The van der Waals surface area contributed by atoms with Gasteiger partial charge >= 0.3 is 0 Å². The molecule has 0 N–H and O–H groups in total. The summed E-state index contributed by atoms with van der Waals surface area (Å²) >= 11 is 0. The molecule has 1 aromatic rings. The number of rotatable bonds is 3. The number of aliphatic imine (C=N–C) groups is 1. The van der Waals surface area contributed by atoms with Crippen molar-refractivity contribution in [2.24, 2.45) is 4.99 Å². The van der Waals surface area contributed by atoms with E-state index in [2.05, 4.69) is 4.99 Å². The maximum absolute atomic E-state index is 12.8. The van der Waals surface area contributed by atoms with Crippen molar-refractivity contribution in [1.82, 2.24) is 4.90 Å². The number of ether oxygens (including phenoxy) is 2. The Hall–Kier alpha value is -2.56. The molecule has 0 spiro atoms. The molecule has 1 amide bonds. The number of methoxy groups -OCH3 is 2. The molecule has 1 atom stereocenters. The van der Waals surface area contributed by atoms with Crippen molar-refractivity contribution >= 4 is 17.8 Å². The average molecular weight is 298 g/mol. The van der Waals surface area contributed by atoms with Gasteiger partial charge in [0.2, 0.25) is 0 Å². The number of fused-ring (bicyclic) bond motifs is 2. The van der Waals surface area contributed by atoms with Crippen molar-refractivity contribution in [3.63, 3.8) is 0 Å². The number of hydrogen-bond acceptors (Lipinski definition) is 4. The lowest BCUT2D eigenvalue weighted by Crippen LogP contribution is -2.32. The molecule has 114 valence electrons. The summed E-state index contributed by atoms with van der Waals surface area (Å²) < 4.78 is 10.6. The highest BCUT2D eigenvalue weighted by Crippen LogP contribution is 2.38. The molecule has 2 aliphatic rings. The Morgan fingerprint density at radius 2 is 2.00 bits per heavy atom. The summed E-state index contributed by atoms with van der Waals surface area (Å²) in [5, 5.41) is 0. The van der Waals surface area contributed by atoms with E-state index in [0.29, 0.717) is 22.7 Å².